The summed E-state index contributed by atoms with van der Waals surface area (Å²) in [5, 5.41) is 2.96. The molecule has 0 bridgehead atoms. The number of benzene rings is 1. The van der Waals surface area contributed by atoms with Gasteiger partial charge in [-0.15, -0.1) is 0 Å². The maximum Gasteiger partial charge on any atom is 0.274 e. The lowest BCUT2D eigenvalue weighted by Crippen LogP contribution is -2.46. The minimum Gasteiger partial charge on any atom is -0.368 e. The van der Waals surface area contributed by atoms with Gasteiger partial charge < -0.3 is 15.1 Å². The number of hydrogen-bond acceptors (Lipinski definition) is 5. The minimum atomic E-state index is -0.190. The number of para-hydroxylation sites is 1. The second-order valence-electron chi connectivity index (χ2n) is 8.15. The molecule has 5 rings (SSSR count). The molecule has 3 aromatic heterocycles. The predicted molar refractivity (Wildman–Crippen MR) is 128 cm³/mol. The fraction of sp³-hybridized carbons (Fsp3) is 0.240. The maximum absolute atomic E-state index is 12.9. The molecule has 7 heteroatoms. The summed E-state index contributed by atoms with van der Waals surface area (Å²) in [5.41, 5.74) is 5.06. The van der Waals surface area contributed by atoms with E-state index in [2.05, 4.69) is 49.4 Å². The molecule has 1 aromatic carbocycles. The van der Waals surface area contributed by atoms with Crippen molar-refractivity contribution in [3.8, 4) is 0 Å². The first-order chi connectivity index (χ1) is 15.6. The van der Waals surface area contributed by atoms with Gasteiger partial charge in [-0.05, 0) is 55.8 Å². The summed E-state index contributed by atoms with van der Waals surface area (Å²) in [6.45, 7) is 7.60. The zero-order chi connectivity index (χ0) is 22.1. The molecule has 1 amide bonds. The van der Waals surface area contributed by atoms with Crippen molar-refractivity contribution in [3.63, 3.8) is 0 Å². The van der Waals surface area contributed by atoms with E-state index >= 15 is 0 Å². The van der Waals surface area contributed by atoms with Crippen LogP contribution in [-0.4, -0.2) is 46.5 Å². The summed E-state index contributed by atoms with van der Waals surface area (Å²) in [6.07, 6.45) is 3.61. The number of aryl methyl sites for hydroxylation is 2. The minimum absolute atomic E-state index is 0.190. The van der Waals surface area contributed by atoms with Crippen LogP contribution in [0.1, 0.15) is 21.7 Å². The Hall–Kier alpha value is -3.87. The second kappa shape index (κ2) is 8.34. The number of amides is 1. The molecule has 4 heterocycles. The van der Waals surface area contributed by atoms with Crippen LogP contribution in [0.3, 0.4) is 0 Å². The Morgan fingerprint density at radius 2 is 1.69 bits per heavy atom. The van der Waals surface area contributed by atoms with Crippen LogP contribution in [0.4, 0.5) is 17.2 Å². The number of aromatic nitrogens is 3. The average Bonchev–Trinajstić information content (AvgIpc) is 3.15. The van der Waals surface area contributed by atoms with E-state index in [1.165, 1.54) is 5.69 Å². The zero-order valence-corrected chi connectivity index (χ0v) is 18.3. The summed E-state index contributed by atoms with van der Waals surface area (Å²) in [5.74, 6) is 0.738. The number of hydrogen-bond donors (Lipinski definition) is 1. The Labute approximate surface area is 187 Å². The van der Waals surface area contributed by atoms with E-state index in [1.54, 1.807) is 6.20 Å². The number of rotatable bonds is 4. The number of carbonyl (C=O) groups excluding carboxylic acids is 1. The quantitative estimate of drug-likeness (QED) is 0.536. The van der Waals surface area contributed by atoms with Crippen molar-refractivity contribution in [2.24, 2.45) is 0 Å². The molecule has 1 aliphatic rings. The Balaban J connectivity index is 1.25. The molecule has 0 aliphatic carbocycles. The molecule has 0 atom stereocenters. The number of imidazole rings is 1. The third-order valence-electron chi connectivity index (χ3n) is 5.90. The Morgan fingerprint density at radius 1 is 0.938 bits per heavy atom. The van der Waals surface area contributed by atoms with Gasteiger partial charge >= 0.3 is 0 Å². The highest BCUT2D eigenvalue weighted by molar-refractivity contribution is 6.04. The summed E-state index contributed by atoms with van der Waals surface area (Å²) in [7, 11) is 0. The zero-order valence-electron chi connectivity index (χ0n) is 18.3. The van der Waals surface area contributed by atoms with Crippen LogP contribution in [0.15, 0.2) is 67.0 Å². The predicted octanol–water partition coefficient (Wildman–Crippen LogP) is 3.93. The van der Waals surface area contributed by atoms with Gasteiger partial charge in [-0.2, -0.15) is 0 Å². The van der Waals surface area contributed by atoms with Crippen LogP contribution in [0.25, 0.3) is 5.65 Å². The molecule has 0 unspecified atom stereocenters. The van der Waals surface area contributed by atoms with E-state index < -0.39 is 0 Å². The topological polar surface area (TPSA) is 65.8 Å². The third-order valence-corrected chi connectivity index (χ3v) is 5.90. The number of piperazine rings is 1. The first-order valence-electron chi connectivity index (χ1n) is 10.9. The third kappa shape index (κ3) is 3.89. The molecule has 32 heavy (non-hydrogen) atoms. The SMILES string of the molecule is Cc1ccn2c(C(=O)Nc3ccc(N4CCN(c5ccccc5)CC4)nc3)c(C)nc2c1. The van der Waals surface area contributed by atoms with Gasteiger partial charge in [-0.3, -0.25) is 9.20 Å². The first kappa shape index (κ1) is 20.1. The fourth-order valence-corrected chi connectivity index (χ4v) is 4.21. The molecule has 0 spiro atoms. The monoisotopic (exact) mass is 426 g/mol. The van der Waals surface area contributed by atoms with E-state index in [4.69, 9.17) is 0 Å². The van der Waals surface area contributed by atoms with E-state index in [0.29, 0.717) is 17.1 Å². The van der Waals surface area contributed by atoms with Crippen LogP contribution in [0.5, 0.6) is 0 Å². The molecule has 0 saturated carbocycles. The van der Waals surface area contributed by atoms with Crippen molar-refractivity contribution in [2.75, 3.05) is 41.3 Å². The number of pyridine rings is 2. The van der Waals surface area contributed by atoms with E-state index in [9.17, 15) is 4.79 Å². The molecular weight excluding hydrogens is 400 g/mol. The number of nitrogens with zero attached hydrogens (tertiary/aromatic N) is 5. The van der Waals surface area contributed by atoms with Crippen LogP contribution in [-0.2, 0) is 0 Å². The number of carbonyl (C=O) groups is 1. The van der Waals surface area contributed by atoms with Crippen LogP contribution in [0, 0.1) is 13.8 Å². The van der Waals surface area contributed by atoms with Crippen LogP contribution >= 0.6 is 0 Å². The molecular formula is C25H26N6O. The van der Waals surface area contributed by atoms with Crippen LogP contribution in [0.2, 0.25) is 0 Å². The Morgan fingerprint density at radius 3 is 2.41 bits per heavy atom. The van der Waals surface area contributed by atoms with Crippen molar-refractivity contribution >= 4 is 28.7 Å². The molecule has 0 radical (unpaired) electrons. The van der Waals surface area contributed by atoms with Crippen LogP contribution < -0.4 is 15.1 Å². The van der Waals surface area contributed by atoms with Crippen molar-refractivity contribution in [1.29, 1.82) is 0 Å². The highest BCUT2D eigenvalue weighted by Crippen LogP contribution is 2.21. The van der Waals surface area contributed by atoms with Gasteiger partial charge in [-0.1, -0.05) is 18.2 Å². The Bertz CT molecular complexity index is 1240. The maximum atomic E-state index is 12.9. The van der Waals surface area contributed by atoms with Gasteiger partial charge in [0.05, 0.1) is 17.6 Å². The number of nitrogens with one attached hydrogen (secondary N) is 1. The molecule has 7 nitrogen and oxygen atoms in total. The van der Waals surface area contributed by atoms with E-state index in [0.717, 1.165) is 43.2 Å². The molecule has 1 saturated heterocycles. The number of fused-ring (bicyclic) bond motifs is 1. The highest BCUT2D eigenvalue weighted by atomic mass is 16.2. The van der Waals surface area contributed by atoms with E-state index in [-0.39, 0.29) is 5.91 Å². The summed E-state index contributed by atoms with van der Waals surface area (Å²) in [6, 6.07) is 18.3. The number of anilines is 3. The first-order valence-corrected chi connectivity index (χ1v) is 10.9. The summed E-state index contributed by atoms with van der Waals surface area (Å²) >= 11 is 0. The van der Waals surface area contributed by atoms with Crippen molar-refractivity contribution in [1.82, 2.24) is 14.4 Å². The average molecular weight is 427 g/mol. The van der Waals surface area contributed by atoms with Gasteiger partial charge in [-0.25, -0.2) is 9.97 Å². The van der Waals surface area contributed by atoms with Gasteiger partial charge in [0.15, 0.2) is 0 Å². The smallest absolute Gasteiger partial charge is 0.274 e. The largest absolute Gasteiger partial charge is 0.368 e. The normalized spacial score (nSPS) is 14.1. The van der Waals surface area contributed by atoms with Crippen molar-refractivity contribution < 1.29 is 4.79 Å². The standard InChI is InChI=1S/C25H26N6O/c1-18-10-11-31-23(16-18)27-19(2)24(31)25(32)28-20-8-9-22(26-17-20)30-14-12-29(13-15-30)21-6-4-3-5-7-21/h3-11,16-17H,12-15H2,1-2H3,(H,28,32). The highest BCUT2D eigenvalue weighted by Gasteiger charge is 2.19. The van der Waals surface area contributed by atoms with Gasteiger partial charge in [0.1, 0.15) is 17.2 Å². The molecule has 1 aliphatic heterocycles. The molecule has 1 N–H and O–H groups in total. The summed E-state index contributed by atoms with van der Waals surface area (Å²) < 4.78 is 1.83. The summed E-state index contributed by atoms with van der Waals surface area (Å²) in [4.78, 5) is 26.7. The molecule has 1 fully saturated rings. The lowest BCUT2D eigenvalue weighted by Gasteiger charge is -2.36. The van der Waals surface area contributed by atoms with Gasteiger partial charge in [0.25, 0.3) is 5.91 Å². The lowest BCUT2D eigenvalue weighted by molar-refractivity contribution is 0.102. The Kier molecular flexibility index (Phi) is 5.23. The molecule has 162 valence electrons. The van der Waals surface area contributed by atoms with Crippen molar-refractivity contribution in [2.45, 2.75) is 13.8 Å². The van der Waals surface area contributed by atoms with Crippen molar-refractivity contribution in [3.05, 3.63) is 83.9 Å². The fourth-order valence-electron chi connectivity index (χ4n) is 4.21. The second-order valence-corrected chi connectivity index (χ2v) is 8.15. The van der Waals surface area contributed by atoms with E-state index in [1.807, 2.05) is 54.8 Å². The van der Waals surface area contributed by atoms with Gasteiger partial charge in [0.2, 0.25) is 0 Å². The lowest BCUT2D eigenvalue weighted by atomic mass is 10.2. The molecule has 4 aromatic rings. The van der Waals surface area contributed by atoms with Gasteiger partial charge in [0, 0.05) is 38.1 Å².